The Bertz CT molecular complexity index is 878. The Morgan fingerprint density at radius 1 is 1.00 bits per heavy atom. The average molecular weight is 380 g/mol. The number of carbonyl (C=O) groups is 2. The minimum absolute atomic E-state index is 0.171. The van der Waals surface area contributed by atoms with Gasteiger partial charge in [-0.2, -0.15) is 0 Å². The van der Waals surface area contributed by atoms with Gasteiger partial charge in [0, 0.05) is 17.0 Å². The highest BCUT2D eigenvalue weighted by Crippen LogP contribution is 2.18. The number of amides is 2. The Hall–Kier alpha value is -2.99. The molecule has 5 nitrogen and oxygen atoms in total. The van der Waals surface area contributed by atoms with Gasteiger partial charge in [-0.25, -0.2) is 0 Å². The number of benzene rings is 2. The molecule has 2 aromatic carbocycles. The predicted octanol–water partition coefficient (Wildman–Crippen LogP) is 3.98. The molecule has 1 heterocycles. The standard InChI is InChI=1S/C21H20N2O3S/c1-27-17-11-9-16(10-12-17)22-20(24)18(14-15-6-3-2-4-7-15)23-21(25)19-8-5-13-26-19/h2-13,18H,14H2,1H3,(H,22,24)(H,23,25)/t18-/m0/s1. The third-order valence-electron chi connectivity index (χ3n) is 4.01. The van der Waals surface area contributed by atoms with Crippen LogP contribution in [0.4, 0.5) is 5.69 Å². The van der Waals surface area contributed by atoms with Gasteiger partial charge in [0.1, 0.15) is 6.04 Å². The first-order valence-electron chi connectivity index (χ1n) is 8.49. The Morgan fingerprint density at radius 3 is 2.37 bits per heavy atom. The molecule has 0 aliphatic heterocycles. The molecule has 1 aromatic heterocycles. The van der Waals surface area contributed by atoms with E-state index in [1.807, 2.05) is 60.9 Å². The van der Waals surface area contributed by atoms with Crippen molar-refractivity contribution in [1.29, 1.82) is 0 Å². The van der Waals surface area contributed by atoms with E-state index in [9.17, 15) is 9.59 Å². The van der Waals surface area contributed by atoms with Gasteiger partial charge in [-0.15, -0.1) is 11.8 Å². The number of nitrogens with one attached hydrogen (secondary N) is 2. The number of rotatable bonds is 7. The summed E-state index contributed by atoms with van der Waals surface area (Å²) in [6, 6.07) is 19.6. The maximum Gasteiger partial charge on any atom is 0.287 e. The van der Waals surface area contributed by atoms with Crippen LogP contribution in [0.15, 0.2) is 82.3 Å². The Kier molecular flexibility index (Phi) is 6.33. The molecule has 0 radical (unpaired) electrons. The summed E-state index contributed by atoms with van der Waals surface area (Å²) in [7, 11) is 0. The van der Waals surface area contributed by atoms with Gasteiger partial charge in [0.05, 0.1) is 6.26 Å². The lowest BCUT2D eigenvalue weighted by Gasteiger charge is -2.18. The Balaban J connectivity index is 1.74. The third-order valence-corrected chi connectivity index (χ3v) is 4.75. The van der Waals surface area contributed by atoms with Gasteiger partial charge in [-0.1, -0.05) is 30.3 Å². The molecule has 3 aromatic rings. The average Bonchev–Trinajstić information content (AvgIpc) is 3.24. The van der Waals surface area contributed by atoms with Crippen LogP contribution in [0, 0.1) is 0 Å². The summed E-state index contributed by atoms with van der Waals surface area (Å²) in [5.41, 5.74) is 1.64. The molecule has 0 unspecified atom stereocenters. The van der Waals surface area contributed by atoms with E-state index >= 15 is 0 Å². The second kappa shape index (κ2) is 9.09. The van der Waals surface area contributed by atoms with Crippen LogP contribution in [0.5, 0.6) is 0 Å². The van der Waals surface area contributed by atoms with Crippen LogP contribution in [0.1, 0.15) is 16.1 Å². The van der Waals surface area contributed by atoms with Crippen molar-refractivity contribution < 1.29 is 14.0 Å². The van der Waals surface area contributed by atoms with Crippen LogP contribution >= 0.6 is 11.8 Å². The van der Waals surface area contributed by atoms with Crippen LogP contribution in [-0.2, 0) is 11.2 Å². The third kappa shape index (κ3) is 5.24. The Labute approximate surface area is 162 Å². The SMILES string of the molecule is CSc1ccc(NC(=O)[C@H](Cc2ccccc2)NC(=O)c2ccco2)cc1. The van der Waals surface area contributed by atoms with E-state index in [0.29, 0.717) is 12.1 Å². The molecule has 27 heavy (non-hydrogen) atoms. The summed E-state index contributed by atoms with van der Waals surface area (Å²) >= 11 is 1.63. The summed E-state index contributed by atoms with van der Waals surface area (Å²) in [6.07, 6.45) is 3.80. The summed E-state index contributed by atoms with van der Waals surface area (Å²) in [6.45, 7) is 0. The van der Waals surface area contributed by atoms with Crippen molar-refractivity contribution in [2.24, 2.45) is 0 Å². The van der Waals surface area contributed by atoms with E-state index in [4.69, 9.17) is 4.42 Å². The topological polar surface area (TPSA) is 71.3 Å². The van der Waals surface area contributed by atoms with Crippen LogP contribution < -0.4 is 10.6 Å². The molecule has 2 N–H and O–H groups in total. The van der Waals surface area contributed by atoms with Crippen LogP contribution in [0.25, 0.3) is 0 Å². The fourth-order valence-corrected chi connectivity index (χ4v) is 3.01. The normalized spacial score (nSPS) is 11.6. The van der Waals surface area contributed by atoms with Crippen molar-refractivity contribution in [3.05, 3.63) is 84.3 Å². The summed E-state index contributed by atoms with van der Waals surface area (Å²) < 4.78 is 5.12. The van der Waals surface area contributed by atoms with Gasteiger partial charge in [-0.3, -0.25) is 9.59 Å². The van der Waals surface area contributed by atoms with Gasteiger partial charge in [-0.05, 0) is 48.2 Å². The zero-order valence-corrected chi connectivity index (χ0v) is 15.7. The highest BCUT2D eigenvalue weighted by molar-refractivity contribution is 7.98. The number of hydrogen-bond donors (Lipinski definition) is 2. The second-order valence-corrected chi connectivity index (χ2v) is 6.79. The molecular weight excluding hydrogens is 360 g/mol. The molecular formula is C21H20N2O3S. The Morgan fingerprint density at radius 2 is 1.74 bits per heavy atom. The van der Waals surface area contributed by atoms with E-state index in [1.54, 1.807) is 23.9 Å². The van der Waals surface area contributed by atoms with Gasteiger partial charge in [0.15, 0.2) is 5.76 Å². The van der Waals surface area contributed by atoms with E-state index in [2.05, 4.69) is 10.6 Å². The zero-order chi connectivity index (χ0) is 19.1. The van der Waals surface area contributed by atoms with E-state index in [-0.39, 0.29) is 11.7 Å². The zero-order valence-electron chi connectivity index (χ0n) is 14.8. The number of hydrogen-bond acceptors (Lipinski definition) is 4. The largest absolute Gasteiger partial charge is 0.459 e. The fraction of sp³-hybridized carbons (Fsp3) is 0.143. The summed E-state index contributed by atoms with van der Waals surface area (Å²) in [4.78, 5) is 26.3. The van der Waals surface area contributed by atoms with E-state index in [0.717, 1.165) is 10.5 Å². The fourth-order valence-electron chi connectivity index (χ4n) is 2.60. The van der Waals surface area contributed by atoms with Crippen LogP contribution in [0.2, 0.25) is 0 Å². The molecule has 1 atom stereocenters. The molecule has 6 heteroatoms. The monoisotopic (exact) mass is 380 g/mol. The lowest BCUT2D eigenvalue weighted by atomic mass is 10.0. The highest BCUT2D eigenvalue weighted by atomic mass is 32.2. The van der Waals surface area contributed by atoms with Gasteiger partial charge < -0.3 is 15.1 Å². The van der Waals surface area contributed by atoms with Crippen LogP contribution in [-0.4, -0.2) is 24.1 Å². The van der Waals surface area contributed by atoms with E-state index in [1.165, 1.54) is 6.26 Å². The summed E-state index contributed by atoms with van der Waals surface area (Å²) in [5.74, 6) is -0.533. The van der Waals surface area contributed by atoms with Gasteiger partial charge in [0.2, 0.25) is 5.91 Å². The first kappa shape index (κ1) is 18.8. The van der Waals surface area contributed by atoms with E-state index < -0.39 is 11.9 Å². The van der Waals surface area contributed by atoms with Crippen molar-refractivity contribution >= 4 is 29.3 Å². The first-order chi connectivity index (χ1) is 13.2. The molecule has 0 fully saturated rings. The number of carbonyl (C=O) groups excluding carboxylic acids is 2. The molecule has 138 valence electrons. The second-order valence-electron chi connectivity index (χ2n) is 5.91. The molecule has 0 spiro atoms. The predicted molar refractivity (Wildman–Crippen MR) is 107 cm³/mol. The van der Waals surface area contributed by atoms with Crippen molar-refractivity contribution in [3.8, 4) is 0 Å². The minimum Gasteiger partial charge on any atom is -0.459 e. The molecule has 0 saturated carbocycles. The van der Waals surface area contributed by atoms with Gasteiger partial charge >= 0.3 is 0 Å². The van der Waals surface area contributed by atoms with Crippen molar-refractivity contribution in [2.75, 3.05) is 11.6 Å². The molecule has 2 amide bonds. The smallest absolute Gasteiger partial charge is 0.287 e. The minimum atomic E-state index is -0.731. The van der Waals surface area contributed by atoms with Crippen molar-refractivity contribution in [1.82, 2.24) is 5.32 Å². The number of thioether (sulfide) groups is 1. The molecule has 0 saturated heterocycles. The van der Waals surface area contributed by atoms with Crippen LogP contribution in [0.3, 0.4) is 0 Å². The maximum atomic E-state index is 12.8. The lowest BCUT2D eigenvalue weighted by molar-refractivity contribution is -0.118. The number of furan rings is 1. The van der Waals surface area contributed by atoms with Crippen molar-refractivity contribution in [2.45, 2.75) is 17.4 Å². The molecule has 0 aliphatic carbocycles. The summed E-state index contributed by atoms with van der Waals surface area (Å²) in [5, 5.41) is 5.63. The molecule has 0 bridgehead atoms. The molecule has 3 rings (SSSR count). The first-order valence-corrected chi connectivity index (χ1v) is 9.71. The lowest BCUT2D eigenvalue weighted by Crippen LogP contribution is -2.45. The quantitative estimate of drug-likeness (QED) is 0.608. The van der Waals surface area contributed by atoms with Gasteiger partial charge in [0.25, 0.3) is 5.91 Å². The maximum absolute atomic E-state index is 12.8. The molecule has 0 aliphatic rings. The highest BCUT2D eigenvalue weighted by Gasteiger charge is 2.23. The number of anilines is 1. The van der Waals surface area contributed by atoms with Crippen molar-refractivity contribution in [3.63, 3.8) is 0 Å².